The zero-order valence-corrected chi connectivity index (χ0v) is 10.7. The van der Waals surface area contributed by atoms with Crippen LogP contribution >= 0.6 is 0 Å². The highest BCUT2D eigenvalue weighted by Crippen LogP contribution is 2.12. The maximum Gasteiger partial charge on any atom is 0.257 e. The molecule has 6 nitrogen and oxygen atoms in total. The maximum atomic E-state index is 12.0. The van der Waals surface area contributed by atoms with Gasteiger partial charge in [-0.3, -0.25) is 4.79 Å². The van der Waals surface area contributed by atoms with Gasteiger partial charge in [0, 0.05) is 24.1 Å². The lowest BCUT2D eigenvalue weighted by molar-refractivity contribution is 1.12. The minimum atomic E-state index is -0.271. The molecule has 1 aromatic carbocycles. The number of aromatic nitrogens is 1. The number of benzene rings is 1. The number of nitrogens with two attached hydrogens (primary N) is 2. The number of hydrogen-bond acceptors (Lipinski definition) is 5. The third kappa shape index (κ3) is 2.69. The van der Waals surface area contributed by atoms with Crippen molar-refractivity contribution in [2.24, 2.45) is 11.5 Å². The standard InChI is InChI=1S/C14H15N5O/c15-6-10(7-16)18-8-12(17)11-5-9-3-1-2-4-13(9)19-14(11)20/h1-8,15,18H,16-17H2,(H,19,20)/b10-7?,12-8-,15-6?. The van der Waals surface area contributed by atoms with E-state index in [2.05, 4.69) is 10.3 Å². The molecule has 1 aromatic heterocycles. The Morgan fingerprint density at radius 3 is 2.80 bits per heavy atom. The Labute approximate surface area is 115 Å². The van der Waals surface area contributed by atoms with Crippen molar-refractivity contribution >= 4 is 22.8 Å². The quantitative estimate of drug-likeness (QED) is 0.528. The highest BCUT2D eigenvalue weighted by Gasteiger charge is 2.05. The van der Waals surface area contributed by atoms with E-state index in [4.69, 9.17) is 16.9 Å². The van der Waals surface area contributed by atoms with Crippen LogP contribution in [-0.4, -0.2) is 11.2 Å². The van der Waals surface area contributed by atoms with E-state index in [1.807, 2.05) is 24.3 Å². The third-order valence-electron chi connectivity index (χ3n) is 2.79. The van der Waals surface area contributed by atoms with Crippen LogP contribution in [0.25, 0.3) is 16.6 Å². The second-order valence-electron chi connectivity index (χ2n) is 4.11. The molecule has 0 amide bonds. The van der Waals surface area contributed by atoms with Gasteiger partial charge in [0.15, 0.2) is 0 Å². The molecule has 7 N–H and O–H groups in total. The molecular formula is C14H15N5O. The van der Waals surface area contributed by atoms with Crippen molar-refractivity contribution in [3.8, 4) is 0 Å². The van der Waals surface area contributed by atoms with Gasteiger partial charge in [-0.15, -0.1) is 0 Å². The predicted octanol–water partition coefficient (Wildman–Crippen LogP) is 0.824. The molecule has 0 unspecified atom stereocenters. The summed E-state index contributed by atoms with van der Waals surface area (Å²) in [4.78, 5) is 14.7. The van der Waals surface area contributed by atoms with Crippen LogP contribution in [0.15, 0.2) is 53.2 Å². The summed E-state index contributed by atoms with van der Waals surface area (Å²) in [6.07, 6.45) is 3.72. The predicted molar refractivity (Wildman–Crippen MR) is 80.9 cm³/mol. The Morgan fingerprint density at radius 2 is 2.10 bits per heavy atom. The molecule has 0 radical (unpaired) electrons. The van der Waals surface area contributed by atoms with E-state index in [1.165, 1.54) is 12.4 Å². The van der Waals surface area contributed by atoms with Crippen molar-refractivity contribution in [3.05, 3.63) is 64.3 Å². The number of allylic oxidation sites excluding steroid dienone is 1. The molecule has 6 heteroatoms. The lowest BCUT2D eigenvalue weighted by Crippen LogP contribution is -2.18. The summed E-state index contributed by atoms with van der Waals surface area (Å²) in [6.45, 7) is 0. The molecule has 102 valence electrons. The molecule has 0 atom stereocenters. The monoisotopic (exact) mass is 269 g/mol. The van der Waals surface area contributed by atoms with Crippen molar-refractivity contribution < 1.29 is 0 Å². The van der Waals surface area contributed by atoms with Crippen LogP contribution in [0.5, 0.6) is 0 Å². The topological polar surface area (TPSA) is 121 Å². The van der Waals surface area contributed by atoms with Crippen LogP contribution in [0.1, 0.15) is 5.56 Å². The van der Waals surface area contributed by atoms with Gasteiger partial charge in [-0.25, -0.2) is 0 Å². The Bertz CT molecular complexity index is 757. The van der Waals surface area contributed by atoms with Crippen LogP contribution < -0.4 is 22.3 Å². The number of rotatable bonds is 4. The molecule has 0 aliphatic rings. The van der Waals surface area contributed by atoms with Gasteiger partial charge < -0.3 is 27.2 Å². The summed E-state index contributed by atoms with van der Waals surface area (Å²) in [5.74, 6) is 0. The zero-order valence-electron chi connectivity index (χ0n) is 10.7. The zero-order chi connectivity index (χ0) is 14.5. The molecule has 2 rings (SSSR count). The minimum Gasteiger partial charge on any atom is -0.403 e. The molecule has 0 fully saturated rings. The number of para-hydroxylation sites is 1. The molecule has 0 saturated heterocycles. The van der Waals surface area contributed by atoms with Gasteiger partial charge in [0.2, 0.25) is 0 Å². The normalized spacial score (nSPS) is 12.4. The number of H-pyrrole nitrogens is 1. The molecular weight excluding hydrogens is 254 g/mol. The highest BCUT2D eigenvalue weighted by atomic mass is 16.1. The number of nitrogens with one attached hydrogen (secondary N) is 3. The first-order valence-electron chi connectivity index (χ1n) is 5.92. The summed E-state index contributed by atoms with van der Waals surface area (Å²) in [5.41, 5.74) is 12.7. The Balaban J connectivity index is 2.41. The second-order valence-corrected chi connectivity index (χ2v) is 4.11. The van der Waals surface area contributed by atoms with E-state index in [1.54, 1.807) is 6.07 Å². The number of pyridine rings is 1. The second kappa shape index (κ2) is 5.75. The van der Waals surface area contributed by atoms with Crippen molar-refractivity contribution in [3.63, 3.8) is 0 Å². The van der Waals surface area contributed by atoms with E-state index in [0.717, 1.165) is 17.1 Å². The van der Waals surface area contributed by atoms with E-state index in [-0.39, 0.29) is 11.3 Å². The average molecular weight is 269 g/mol. The minimum absolute atomic E-state index is 0.262. The van der Waals surface area contributed by atoms with Crippen molar-refractivity contribution in [2.45, 2.75) is 0 Å². The van der Waals surface area contributed by atoms with Gasteiger partial charge in [0.25, 0.3) is 5.56 Å². The Morgan fingerprint density at radius 1 is 1.35 bits per heavy atom. The van der Waals surface area contributed by atoms with Crippen LogP contribution in [0.3, 0.4) is 0 Å². The SMILES string of the molecule is N=CC(=CN)N/C=C(\N)c1cc2ccccc2[nH]c1=O. The third-order valence-corrected chi connectivity index (χ3v) is 2.79. The van der Waals surface area contributed by atoms with Gasteiger partial charge in [-0.05, 0) is 17.5 Å². The number of aromatic amines is 1. The van der Waals surface area contributed by atoms with Crippen LogP contribution in [0.4, 0.5) is 0 Å². The van der Waals surface area contributed by atoms with E-state index in [9.17, 15) is 4.79 Å². The largest absolute Gasteiger partial charge is 0.403 e. The fourth-order valence-electron chi connectivity index (χ4n) is 1.74. The maximum absolute atomic E-state index is 12.0. The van der Waals surface area contributed by atoms with Crippen LogP contribution in [-0.2, 0) is 0 Å². The molecule has 20 heavy (non-hydrogen) atoms. The molecule has 0 bridgehead atoms. The number of fused-ring (bicyclic) bond motifs is 1. The van der Waals surface area contributed by atoms with Crippen molar-refractivity contribution in [1.29, 1.82) is 5.41 Å². The van der Waals surface area contributed by atoms with Crippen LogP contribution in [0, 0.1) is 5.41 Å². The van der Waals surface area contributed by atoms with Gasteiger partial charge in [0.1, 0.15) is 0 Å². The summed E-state index contributed by atoms with van der Waals surface area (Å²) >= 11 is 0. The van der Waals surface area contributed by atoms with Gasteiger partial charge in [-0.2, -0.15) is 0 Å². The summed E-state index contributed by atoms with van der Waals surface area (Å²) in [7, 11) is 0. The van der Waals surface area contributed by atoms with Crippen LogP contribution in [0.2, 0.25) is 0 Å². The lowest BCUT2D eigenvalue weighted by Gasteiger charge is -2.05. The molecule has 0 spiro atoms. The first-order chi connectivity index (χ1) is 9.65. The first kappa shape index (κ1) is 13.4. The van der Waals surface area contributed by atoms with E-state index < -0.39 is 0 Å². The smallest absolute Gasteiger partial charge is 0.257 e. The first-order valence-corrected chi connectivity index (χ1v) is 5.92. The van der Waals surface area contributed by atoms with E-state index >= 15 is 0 Å². The van der Waals surface area contributed by atoms with Crippen molar-refractivity contribution in [1.82, 2.24) is 10.3 Å². The van der Waals surface area contributed by atoms with Crippen molar-refractivity contribution in [2.75, 3.05) is 0 Å². The summed E-state index contributed by atoms with van der Waals surface area (Å²) in [6, 6.07) is 9.16. The number of hydrogen-bond donors (Lipinski definition) is 5. The van der Waals surface area contributed by atoms with Gasteiger partial charge in [0.05, 0.1) is 17.0 Å². The summed E-state index contributed by atoms with van der Waals surface area (Å²) in [5, 5.41) is 10.7. The van der Waals surface area contributed by atoms with Gasteiger partial charge in [-0.1, -0.05) is 18.2 Å². The molecule has 0 aliphatic heterocycles. The molecule has 0 saturated carbocycles. The summed E-state index contributed by atoms with van der Waals surface area (Å²) < 4.78 is 0. The fraction of sp³-hybridized carbons (Fsp3) is 0. The molecule has 0 aliphatic carbocycles. The molecule has 2 aromatic rings. The molecule has 1 heterocycles. The highest BCUT2D eigenvalue weighted by molar-refractivity contribution is 5.82. The average Bonchev–Trinajstić information content (AvgIpc) is 2.47. The lowest BCUT2D eigenvalue weighted by atomic mass is 10.1. The Kier molecular flexibility index (Phi) is 3.85. The Hall–Kier alpha value is -3.02. The van der Waals surface area contributed by atoms with E-state index in [0.29, 0.717) is 11.3 Å². The van der Waals surface area contributed by atoms with Gasteiger partial charge >= 0.3 is 0 Å². The fourth-order valence-corrected chi connectivity index (χ4v) is 1.74.